The van der Waals surface area contributed by atoms with Gasteiger partial charge in [-0.05, 0) is 19.3 Å². The first-order valence-corrected chi connectivity index (χ1v) is 5.46. The average molecular weight is 214 g/mol. The molecule has 1 unspecified atom stereocenters. The fourth-order valence-corrected chi connectivity index (χ4v) is 2.20. The van der Waals surface area contributed by atoms with Gasteiger partial charge in [0.1, 0.15) is 5.54 Å². The monoisotopic (exact) mass is 214 g/mol. The molecule has 2 aliphatic heterocycles. The van der Waals surface area contributed by atoms with Gasteiger partial charge in [0, 0.05) is 19.7 Å². The molecule has 2 aliphatic rings. The van der Waals surface area contributed by atoms with E-state index in [0.29, 0.717) is 32.7 Å². The van der Waals surface area contributed by atoms with Crippen molar-refractivity contribution >= 4 is 5.91 Å². The van der Waals surface area contributed by atoms with E-state index in [1.54, 1.807) is 4.90 Å². The van der Waals surface area contributed by atoms with Gasteiger partial charge in [0.15, 0.2) is 0 Å². The molecule has 5 nitrogen and oxygen atoms in total. The molecule has 0 aromatic rings. The number of nitrogens with two attached hydrogens (primary N) is 1. The van der Waals surface area contributed by atoms with E-state index in [1.807, 2.05) is 0 Å². The van der Waals surface area contributed by atoms with Crippen LogP contribution in [0.4, 0.5) is 0 Å². The maximum absolute atomic E-state index is 12.1. The Labute approximate surface area is 89.2 Å². The average Bonchev–Trinajstić information content (AvgIpc) is 2.65. The molecule has 0 aromatic carbocycles. The van der Waals surface area contributed by atoms with Gasteiger partial charge in [0.2, 0.25) is 5.91 Å². The number of likely N-dealkylation sites (tertiary alicyclic amines) is 1. The van der Waals surface area contributed by atoms with Gasteiger partial charge >= 0.3 is 0 Å². The number of hydrogen-bond acceptors (Lipinski definition) is 4. The number of piperidine rings is 1. The van der Waals surface area contributed by atoms with Crippen LogP contribution in [0, 0.1) is 0 Å². The van der Waals surface area contributed by atoms with Crippen molar-refractivity contribution < 1.29 is 14.6 Å². The van der Waals surface area contributed by atoms with E-state index in [9.17, 15) is 9.90 Å². The second kappa shape index (κ2) is 4.08. The number of carbonyl (C=O) groups is 1. The van der Waals surface area contributed by atoms with Gasteiger partial charge in [-0.1, -0.05) is 0 Å². The molecule has 0 aliphatic carbocycles. The smallest absolute Gasteiger partial charge is 0.245 e. The molecule has 0 radical (unpaired) electrons. The molecule has 0 spiro atoms. The van der Waals surface area contributed by atoms with E-state index in [0.717, 1.165) is 12.8 Å². The molecular weight excluding hydrogens is 196 g/mol. The Bertz CT molecular complexity index is 251. The van der Waals surface area contributed by atoms with Crippen LogP contribution in [0.5, 0.6) is 0 Å². The summed E-state index contributed by atoms with van der Waals surface area (Å²) in [5.41, 5.74) is 5.13. The topological polar surface area (TPSA) is 75.8 Å². The standard InChI is InChI=1S/C10H18N2O3/c11-10(3-5-15-7-10)9(14)12-4-1-2-8(13)6-12/h8,13H,1-7,11H2/t8-,10?/m0/s1. The summed E-state index contributed by atoms with van der Waals surface area (Å²) in [6.07, 6.45) is 1.81. The molecule has 0 bridgehead atoms. The van der Waals surface area contributed by atoms with E-state index in [1.165, 1.54) is 0 Å². The zero-order valence-electron chi connectivity index (χ0n) is 8.82. The van der Waals surface area contributed by atoms with Crippen molar-refractivity contribution in [1.29, 1.82) is 0 Å². The predicted octanol–water partition coefficient (Wildman–Crippen LogP) is -0.913. The summed E-state index contributed by atoms with van der Waals surface area (Å²) in [4.78, 5) is 13.7. The Morgan fingerprint density at radius 1 is 1.60 bits per heavy atom. The van der Waals surface area contributed by atoms with Crippen molar-refractivity contribution in [2.75, 3.05) is 26.3 Å². The molecule has 3 N–H and O–H groups in total. The van der Waals surface area contributed by atoms with Gasteiger partial charge in [-0.15, -0.1) is 0 Å². The van der Waals surface area contributed by atoms with Crippen molar-refractivity contribution in [3.05, 3.63) is 0 Å². The first-order valence-electron chi connectivity index (χ1n) is 5.46. The first-order chi connectivity index (χ1) is 7.12. The van der Waals surface area contributed by atoms with Crippen LogP contribution in [0.1, 0.15) is 19.3 Å². The predicted molar refractivity (Wildman–Crippen MR) is 54.2 cm³/mol. The van der Waals surface area contributed by atoms with Gasteiger partial charge in [-0.3, -0.25) is 4.79 Å². The Hall–Kier alpha value is -0.650. The summed E-state index contributed by atoms with van der Waals surface area (Å²) in [7, 11) is 0. The SMILES string of the molecule is NC1(C(=O)N2CCC[C@H](O)C2)CCOC1. The number of carbonyl (C=O) groups excluding carboxylic acids is 1. The maximum Gasteiger partial charge on any atom is 0.245 e. The lowest BCUT2D eigenvalue weighted by Crippen LogP contribution is -2.58. The molecule has 2 rings (SSSR count). The van der Waals surface area contributed by atoms with Crippen LogP contribution in [0.3, 0.4) is 0 Å². The maximum atomic E-state index is 12.1. The van der Waals surface area contributed by atoms with Crippen LogP contribution in [0.2, 0.25) is 0 Å². The summed E-state index contributed by atoms with van der Waals surface area (Å²) in [6.45, 7) is 1.98. The van der Waals surface area contributed by atoms with E-state index >= 15 is 0 Å². The number of rotatable bonds is 1. The highest BCUT2D eigenvalue weighted by atomic mass is 16.5. The number of β-amino-alcohol motifs (C(OH)–C–C–N with tert-alkyl or cyclic N) is 1. The van der Waals surface area contributed by atoms with Crippen molar-refractivity contribution in [2.24, 2.45) is 5.73 Å². The molecule has 0 saturated carbocycles. The van der Waals surface area contributed by atoms with E-state index in [2.05, 4.69) is 0 Å². The van der Waals surface area contributed by atoms with Crippen LogP contribution in [0.25, 0.3) is 0 Å². The summed E-state index contributed by atoms with van der Waals surface area (Å²) >= 11 is 0. The van der Waals surface area contributed by atoms with E-state index in [4.69, 9.17) is 10.5 Å². The number of ether oxygens (including phenoxy) is 1. The summed E-state index contributed by atoms with van der Waals surface area (Å²) < 4.78 is 5.16. The highest BCUT2D eigenvalue weighted by Crippen LogP contribution is 2.21. The second-order valence-electron chi connectivity index (χ2n) is 4.51. The lowest BCUT2D eigenvalue weighted by molar-refractivity contribution is -0.140. The lowest BCUT2D eigenvalue weighted by atomic mass is 9.96. The minimum absolute atomic E-state index is 0.0706. The van der Waals surface area contributed by atoms with Crippen molar-refractivity contribution in [3.8, 4) is 0 Å². The molecule has 2 fully saturated rings. The molecule has 2 atom stereocenters. The Kier molecular flexibility index (Phi) is 2.95. The van der Waals surface area contributed by atoms with Crippen LogP contribution < -0.4 is 5.73 Å². The fraction of sp³-hybridized carbons (Fsp3) is 0.900. The van der Waals surface area contributed by atoms with Crippen LogP contribution in [-0.2, 0) is 9.53 Å². The molecule has 2 heterocycles. The zero-order valence-corrected chi connectivity index (χ0v) is 8.82. The summed E-state index contributed by atoms with van der Waals surface area (Å²) in [6, 6.07) is 0. The minimum atomic E-state index is -0.850. The molecular formula is C10H18N2O3. The van der Waals surface area contributed by atoms with Crippen molar-refractivity contribution in [1.82, 2.24) is 4.90 Å². The molecule has 5 heteroatoms. The third-order valence-electron chi connectivity index (χ3n) is 3.16. The summed E-state index contributed by atoms with van der Waals surface area (Å²) in [5.74, 6) is -0.0706. The van der Waals surface area contributed by atoms with Crippen LogP contribution >= 0.6 is 0 Å². The Morgan fingerprint density at radius 3 is 3.00 bits per heavy atom. The zero-order chi connectivity index (χ0) is 10.9. The fourth-order valence-electron chi connectivity index (χ4n) is 2.20. The van der Waals surface area contributed by atoms with Crippen LogP contribution in [-0.4, -0.2) is 53.9 Å². The van der Waals surface area contributed by atoms with Crippen molar-refractivity contribution in [3.63, 3.8) is 0 Å². The highest BCUT2D eigenvalue weighted by Gasteiger charge is 2.41. The lowest BCUT2D eigenvalue weighted by Gasteiger charge is -2.35. The van der Waals surface area contributed by atoms with Gasteiger partial charge in [-0.25, -0.2) is 0 Å². The Morgan fingerprint density at radius 2 is 2.40 bits per heavy atom. The molecule has 2 saturated heterocycles. The molecule has 86 valence electrons. The molecule has 0 aromatic heterocycles. The van der Waals surface area contributed by atoms with Gasteiger partial charge in [-0.2, -0.15) is 0 Å². The highest BCUT2D eigenvalue weighted by molar-refractivity contribution is 5.86. The first kappa shape index (κ1) is 10.9. The number of amides is 1. The second-order valence-corrected chi connectivity index (χ2v) is 4.51. The molecule has 1 amide bonds. The number of hydrogen-bond donors (Lipinski definition) is 2. The number of aliphatic hydroxyl groups is 1. The third kappa shape index (κ3) is 2.14. The van der Waals surface area contributed by atoms with Gasteiger partial charge in [0.05, 0.1) is 12.7 Å². The summed E-state index contributed by atoms with van der Waals surface area (Å²) in [5, 5.41) is 9.49. The molecule has 15 heavy (non-hydrogen) atoms. The largest absolute Gasteiger partial charge is 0.391 e. The van der Waals surface area contributed by atoms with Crippen molar-refractivity contribution in [2.45, 2.75) is 30.9 Å². The van der Waals surface area contributed by atoms with Gasteiger partial charge < -0.3 is 20.5 Å². The van der Waals surface area contributed by atoms with Gasteiger partial charge in [0.25, 0.3) is 0 Å². The quantitative estimate of drug-likeness (QED) is 0.592. The Balaban J connectivity index is 2.00. The van der Waals surface area contributed by atoms with E-state index in [-0.39, 0.29) is 5.91 Å². The van der Waals surface area contributed by atoms with Crippen LogP contribution in [0.15, 0.2) is 0 Å². The minimum Gasteiger partial charge on any atom is -0.391 e. The number of nitrogens with zero attached hydrogens (tertiary/aromatic N) is 1. The van der Waals surface area contributed by atoms with E-state index < -0.39 is 11.6 Å². The third-order valence-corrected chi connectivity index (χ3v) is 3.16. The normalized spacial score (nSPS) is 36.9. The number of aliphatic hydroxyl groups excluding tert-OH is 1.